The summed E-state index contributed by atoms with van der Waals surface area (Å²) in [5, 5.41) is 3.18. The highest BCUT2D eigenvalue weighted by atomic mass is 16.5. The Bertz CT molecular complexity index is 261. The number of ether oxygens (including phenoxy) is 1. The minimum absolute atomic E-state index is 0.268. The van der Waals surface area contributed by atoms with Crippen molar-refractivity contribution in [1.29, 1.82) is 0 Å². The maximum absolute atomic E-state index is 11.5. The number of rotatable bonds is 11. The van der Waals surface area contributed by atoms with E-state index in [1.54, 1.807) is 7.11 Å². The lowest BCUT2D eigenvalue weighted by molar-refractivity contribution is -0.124. The third-order valence-corrected chi connectivity index (χ3v) is 3.71. The second-order valence-corrected chi connectivity index (χ2v) is 5.47. The Labute approximate surface area is 117 Å². The van der Waals surface area contributed by atoms with Crippen LogP contribution in [0.3, 0.4) is 0 Å². The average molecular weight is 273 g/mol. The van der Waals surface area contributed by atoms with Crippen molar-refractivity contribution < 1.29 is 9.53 Å². The number of carbonyl (C=O) groups excluding carboxylic acids is 1. The summed E-state index contributed by atoms with van der Waals surface area (Å²) in [5.74, 6) is -0.268. The molecule has 0 aliphatic heterocycles. The Morgan fingerprint density at radius 3 is 2.58 bits per heavy atom. The molecule has 1 amide bonds. The number of nitrogens with two attached hydrogens (primary N) is 1. The van der Waals surface area contributed by atoms with Crippen molar-refractivity contribution in [3.05, 3.63) is 0 Å². The minimum atomic E-state index is -0.578. The van der Waals surface area contributed by atoms with Crippen molar-refractivity contribution in [3.63, 3.8) is 0 Å². The molecule has 19 heavy (non-hydrogen) atoms. The molecule has 0 radical (unpaired) electrons. The van der Waals surface area contributed by atoms with Gasteiger partial charge in [-0.3, -0.25) is 4.79 Å². The normalized spacial score (nSPS) is 16.3. The smallest absolute Gasteiger partial charge is 0.237 e. The van der Waals surface area contributed by atoms with Gasteiger partial charge in [0.25, 0.3) is 0 Å². The molecule has 0 spiro atoms. The molecule has 0 bridgehead atoms. The van der Waals surface area contributed by atoms with Crippen molar-refractivity contribution in [2.45, 2.75) is 51.6 Å². The van der Waals surface area contributed by atoms with E-state index in [0.29, 0.717) is 6.04 Å². The average Bonchev–Trinajstić information content (AvgIpc) is 2.34. The van der Waals surface area contributed by atoms with E-state index in [1.807, 2.05) is 13.8 Å². The number of amides is 1. The lowest BCUT2D eigenvalue weighted by Gasteiger charge is -2.28. The van der Waals surface area contributed by atoms with E-state index in [-0.39, 0.29) is 5.91 Å². The molecule has 0 saturated carbocycles. The predicted molar refractivity (Wildman–Crippen MR) is 79.1 cm³/mol. The van der Waals surface area contributed by atoms with Crippen molar-refractivity contribution in [2.24, 2.45) is 5.73 Å². The van der Waals surface area contributed by atoms with Crippen LogP contribution in [0.2, 0.25) is 0 Å². The number of likely N-dealkylation sites (N-methyl/N-ethyl adjacent to an activating group) is 2. The SMILES string of the molecule is CCNC(C)(CCCCN(C)C(C)COC)C(N)=O. The number of hydrogen-bond donors (Lipinski definition) is 2. The molecule has 0 aliphatic carbocycles. The molecule has 0 aliphatic rings. The van der Waals surface area contributed by atoms with Gasteiger partial charge in [-0.2, -0.15) is 0 Å². The second-order valence-electron chi connectivity index (χ2n) is 5.47. The minimum Gasteiger partial charge on any atom is -0.383 e. The molecule has 0 heterocycles. The zero-order chi connectivity index (χ0) is 14.9. The summed E-state index contributed by atoms with van der Waals surface area (Å²) in [5.41, 5.74) is 4.88. The van der Waals surface area contributed by atoms with Crippen LogP contribution in [0.25, 0.3) is 0 Å². The Balaban J connectivity index is 3.98. The number of unbranched alkanes of at least 4 members (excludes halogenated alkanes) is 1. The van der Waals surface area contributed by atoms with Gasteiger partial charge in [-0.05, 0) is 53.2 Å². The van der Waals surface area contributed by atoms with Gasteiger partial charge in [-0.25, -0.2) is 0 Å². The third-order valence-electron chi connectivity index (χ3n) is 3.71. The van der Waals surface area contributed by atoms with Crippen LogP contribution in [0.4, 0.5) is 0 Å². The molecule has 0 aromatic rings. The van der Waals surface area contributed by atoms with Gasteiger partial charge in [0.1, 0.15) is 0 Å². The highest BCUT2D eigenvalue weighted by molar-refractivity contribution is 5.84. The van der Waals surface area contributed by atoms with Crippen molar-refractivity contribution in [1.82, 2.24) is 10.2 Å². The first-order valence-electron chi connectivity index (χ1n) is 7.11. The van der Waals surface area contributed by atoms with E-state index >= 15 is 0 Å². The molecule has 114 valence electrons. The van der Waals surface area contributed by atoms with Crippen LogP contribution >= 0.6 is 0 Å². The standard InChI is InChI=1S/C14H31N3O2/c1-6-16-14(3,13(15)18)9-7-8-10-17(4)12(2)11-19-5/h12,16H,6-11H2,1-5H3,(H2,15,18). The molecule has 2 unspecified atom stereocenters. The zero-order valence-corrected chi connectivity index (χ0v) is 13.2. The van der Waals surface area contributed by atoms with E-state index in [0.717, 1.165) is 39.0 Å². The fourth-order valence-corrected chi connectivity index (χ4v) is 2.12. The molecule has 5 nitrogen and oxygen atoms in total. The maximum atomic E-state index is 11.5. The first-order chi connectivity index (χ1) is 8.87. The van der Waals surface area contributed by atoms with Gasteiger partial charge < -0.3 is 20.7 Å². The van der Waals surface area contributed by atoms with Gasteiger partial charge in [0, 0.05) is 13.2 Å². The number of nitrogens with zero attached hydrogens (tertiary/aromatic N) is 1. The maximum Gasteiger partial charge on any atom is 0.237 e. The van der Waals surface area contributed by atoms with E-state index in [1.165, 1.54) is 0 Å². The number of hydrogen-bond acceptors (Lipinski definition) is 4. The zero-order valence-electron chi connectivity index (χ0n) is 13.2. The van der Waals surface area contributed by atoms with Crippen LogP contribution < -0.4 is 11.1 Å². The van der Waals surface area contributed by atoms with Crippen molar-refractivity contribution >= 4 is 5.91 Å². The molecule has 0 rings (SSSR count). The number of methoxy groups -OCH3 is 1. The summed E-state index contributed by atoms with van der Waals surface area (Å²) in [7, 11) is 3.82. The molecule has 0 aromatic carbocycles. The summed E-state index contributed by atoms with van der Waals surface area (Å²) in [6, 6.07) is 0.418. The van der Waals surface area contributed by atoms with Crippen molar-refractivity contribution in [3.8, 4) is 0 Å². The third kappa shape index (κ3) is 6.89. The largest absolute Gasteiger partial charge is 0.383 e. The predicted octanol–water partition coefficient (Wildman–Crippen LogP) is 0.977. The monoisotopic (exact) mass is 273 g/mol. The highest BCUT2D eigenvalue weighted by Gasteiger charge is 2.28. The van der Waals surface area contributed by atoms with E-state index < -0.39 is 5.54 Å². The number of carbonyl (C=O) groups is 1. The molecule has 0 fully saturated rings. The quantitative estimate of drug-likeness (QED) is 0.551. The van der Waals surface area contributed by atoms with E-state index in [4.69, 9.17) is 10.5 Å². The first-order valence-corrected chi connectivity index (χ1v) is 7.11. The topological polar surface area (TPSA) is 67.6 Å². The second kappa shape index (κ2) is 9.28. The van der Waals surface area contributed by atoms with Crippen LogP contribution in [-0.2, 0) is 9.53 Å². The fourth-order valence-electron chi connectivity index (χ4n) is 2.12. The van der Waals surface area contributed by atoms with Gasteiger partial charge in [-0.1, -0.05) is 6.92 Å². The van der Waals surface area contributed by atoms with Crippen LogP contribution in [-0.4, -0.2) is 56.2 Å². The van der Waals surface area contributed by atoms with Crippen LogP contribution in [0.15, 0.2) is 0 Å². The Kier molecular flexibility index (Phi) is 8.97. The molecule has 0 aromatic heterocycles. The molecule has 0 saturated heterocycles. The van der Waals surface area contributed by atoms with Gasteiger partial charge >= 0.3 is 0 Å². The summed E-state index contributed by atoms with van der Waals surface area (Å²) in [4.78, 5) is 13.7. The lowest BCUT2D eigenvalue weighted by atomic mass is 9.94. The van der Waals surface area contributed by atoms with Crippen LogP contribution in [0.1, 0.15) is 40.0 Å². The van der Waals surface area contributed by atoms with Crippen molar-refractivity contribution in [2.75, 3.05) is 33.9 Å². The molecular weight excluding hydrogens is 242 g/mol. The first kappa shape index (κ1) is 18.4. The molecule has 5 heteroatoms. The summed E-state index contributed by atoms with van der Waals surface area (Å²) in [6.07, 6.45) is 2.82. The Morgan fingerprint density at radius 2 is 2.11 bits per heavy atom. The van der Waals surface area contributed by atoms with Gasteiger partial charge in [-0.15, -0.1) is 0 Å². The summed E-state index contributed by atoms with van der Waals surface area (Å²) < 4.78 is 5.14. The van der Waals surface area contributed by atoms with E-state index in [2.05, 4.69) is 24.2 Å². The van der Waals surface area contributed by atoms with Gasteiger partial charge in [0.05, 0.1) is 12.1 Å². The summed E-state index contributed by atoms with van der Waals surface area (Å²) in [6.45, 7) is 8.52. The molecule has 2 atom stereocenters. The van der Waals surface area contributed by atoms with Crippen LogP contribution in [0, 0.1) is 0 Å². The highest BCUT2D eigenvalue weighted by Crippen LogP contribution is 2.14. The number of nitrogens with one attached hydrogen (secondary N) is 1. The molecular formula is C14H31N3O2. The Hall–Kier alpha value is -0.650. The van der Waals surface area contributed by atoms with Crippen LogP contribution in [0.5, 0.6) is 0 Å². The van der Waals surface area contributed by atoms with Gasteiger partial charge in [0.15, 0.2) is 0 Å². The van der Waals surface area contributed by atoms with E-state index in [9.17, 15) is 4.79 Å². The lowest BCUT2D eigenvalue weighted by Crippen LogP contribution is -2.53. The Morgan fingerprint density at radius 1 is 1.47 bits per heavy atom. The van der Waals surface area contributed by atoms with Gasteiger partial charge in [0.2, 0.25) is 5.91 Å². The fraction of sp³-hybridized carbons (Fsp3) is 0.929. The molecule has 3 N–H and O–H groups in total. The number of primary amides is 1. The summed E-state index contributed by atoms with van der Waals surface area (Å²) >= 11 is 0.